The summed E-state index contributed by atoms with van der Waals surface area (Å²) in [6, 6.07) is 5.58. The van der Waals surface area contributed by atoms with E-state index in [-0.39, 0.29) is 0 Å². The molecule has 0 aliphatic rings. The summed E-state index contributed by atoms with van der Waals surface area (Å²) in [4.78, 5) is 13.2. The largest absolute Gasteiger partial charge is 0.480 e. The Morgan fingerprint density at radius 1 is 1.35 bits per heavy atom. The summed E-state index contributed by atoms with van der Waals surface area (Å²) < 4.78 is 0. The third-order valence-electron chi connectivity index (χ3n) is 3.27. The second kappa shape index (κ2) is 5.71. The zero-order valence-corrected chi connectivity index (χ0v) is 11.0. The van der Waals surface area contributed by atoms with E-state index in [4.69, 9.17) is 0 Å². The second-order valence-electron chi connectivity index (χ2n) is 4.27. The van der Waals surface area contributed by atoms with Crippen LogP contribution in [0.2, 0.25) is 0 Å². The average Bonchev–Trinajstić information content (AvgIpc) is 2.29. The van der Waals surface area contributed by atoms with Crippen molar-refractivity contribution in [2.24, 2.45) is 0 Å². The van der Waals surface area contributed by atoms with Crippen LogP contribution < -0.4 is 4.90 Å². The van der Waals surface area contributed by atoms with Gasteiger partial charge in [-0.3, -0.25) is 0 Å². The second-order valence-corrected chi connectivity index (χ2v) is 4.27. The van der Waals surface area contributed by atoms with Gasteiger partial charge in [0.1, 0.15) is 6.04 Å². The molecule has 0 aliphatic carbocycles. The Morgan fingerprint density at radius 2 is 2.00 bits per heavy atom. The summed E-state index contributed by atoms with van der Waals surface area (Å²) in [5.41, 5.74) is 3.39. The van der Waals surface area contributed by atoms with Crippen molar-refractivity contribution in [1.29, 1.82) is 0 Å². The molecule has 0 saturated heterocycles. The SMILES string of the molecule is CC[C@@H](C(=O)O)N(CC)c1cccc(C)c1C. The monoisotopic (exact) mass is 235 g/mol. The minimum absolute atomic E-state index is 0.444. The van der Waals surface area contributed by atoms with E-state index >= 15 is 0 Å². The normalized spacial score (nSPS) is 12.2. The molecule has 0 heterocycles. The van der Waals surface area contributed by atoms with Gasteiger partial charge < -0.3 is 10.0 Å². The molecule has 0 radical (unpaired) electrons. The van der Waals surface area contributed by atoms with Crippen molar-refractivity contribution in [1.82, 2.24) is 0 Å². The summed E-state index contributed by atoms with van der Waals surface area (Å²) in [6.45, 7) is 8.70. The van der Waals surface area contributed by atoms with Crippen molar-refractivity contribution < 1.29 is 9.90 Å². The van der Waals surface area contributed by atoms with Gasteiger partial charge >= 0.3 is 5.97 Å². The van der Waals surface area contributed by atoms with Crippen LogP contribution in [-0.2, 0) is 4.79 Å². The van der Waals surface area contributed by atoms with Crippen LogP contribution in [0.1, 0.15) is 31.4 Å². The molecule has 0 saturated carbocycles. The van der Waals surface area contributed by atoms with Gasteiger partial charge in [0.05, 0.1) is 0 Å². The van der Waals surface area contributed by atoms with Crippen molar-refractivity contribution >= 4 is 11.7 Å². The molecule has 0 fully saturated rings. The number of benzene rings is 1. The molecular weight excluding hydrogens is 214 g/mol. The molecule has 1 aromatic carbocycles. The fourth-order valence-corrected chi connectivity index (χ4v) is 2.13. The zero-order valence-electron chi connectivity index (χ0n) is 11.0. The minimum atomic E-state index is -0.754. The first-order chi connectivity index (χ1) is 8.02. The molecule has 0 bridgehead atoms. The Labute approximate surface area is 103 Å². The van der Waals surface area contributed by atoms with E-state index in [9.17, 15) is 9.90 Å². The van der Waals surface area contributed by atoms with Gasteiger partial charge in [0.2, 0.25) is 0 Å². The fourth-order valence-electron chi connectivity index (χ4n) is 2.13. The Balaban J connectivity index is 3.17. The van der Waals surface area contributed by atoms with Crippen LogP contribution in [0.5, 0.6) is 0 Å². The summed E-state index contributed by atoms with van der Waals surface area (Å²) >= 11 is 0. The number of aryl methyl sites for hydroxylation is 1. The highest BCUT2D eigenvalue weighted by atomic mass is 16.4. The van der Waals surface area contributed by atoms with E-state index in [1.54, 1.807) is 0 Å². The maximum atomic E-state index is 11.3. The molecule has 0 unspecified atom stereocenters. The molecule has 1 aromatic rings. The van der Waals surface area contributed by atoms with Gasteiger partial charge in [-0.25, -0.2) is 4.79 Å². The van der Waals surface area contributed by atoms with Gasteiger partial charge in [-0.2, -0.15) is 0 Å². The highest BCUT2D eigenvalue weighted by molar-refractivity contribution is 5.78. The average molecular weight is 235 g/mol. The predicted molar refractivity (Wildman–Crippen MR) is 70.7 cm³/mol. The summed E-state index contributed by atoms with van der Waals surface area (Å²) in [7, 11) is 0. The number of carbonyl (C=O) groups is 1. The van der Waals surface area contributed by atoms with Crippen molar-refractivity contribution in [2.45, 2.75) is 40.2 Å². The molecule has 0 spiro atoms. The number of carboxylic acid groups (broad SMARTS) is 1. The molecule has 94 valence electrons. The lowest BCUT2D eigenvalue weighted by Gasteiger charge is -2.31. The van der Waals surface area contributed by atoms with Gasteiger partial charge in [-0.1, -0.05) is 19.1 Å². The number of anilines is 1. The lowest BCUT2D eigenvalue weighted by atomic mass is 10.0. The first kappa shape index (κ1) is 13.6. The summed E-state index contributed by atoms with van der Waals surface area (Å²) in [5.74, 6) is -0.754. The van der Waals surface area contributed by atoms with Crippen molar-refractivity contribution in [3.63, 3.8) is 0 Å². The maximum Gasteiger partial charge on any atom is 0.326 e. The molecule has 3 nitrogen and oxygen atoms in total. The van der Waals surface area contributed by atoms with Crippen LogP contribution in [-0.4, -0.2) is 23.7 Å². The number of nitrogens with zero attached hydrogens (tertiary/aromatic N) is 1. The standard InChI is InChI=1S/C14H21NO2/c1-5-12(14(16)17)15(6-2)13-9-7-8-10(3)11(13)4/h7-9,12H,5-6H2,1-4H3,(H,16,17)/t12-/m0/s1. The van der Waals surface area contributed by atoms with E-state index in [0.717, 1.165) is 11.3 Å². The Hall–Kier alpha value is -1.51. The highest BCUT2D eigenvalue weighted by Gasteiger charge is 2.23. The van der Waals surface area contributed by atoms with Gasteiger partial charge in [0.15, 0.2) is 0 Å². The first-order valence-electron chi connectivity index (χ1n) is 6.08. The van der Waals surface area contributed by atoms with Gasteiger partial charge in [0, 0.05) is 12.2 Å². The smallest absolute Gasteiger partial charge is 0.326 e. The van der Waals surface area contributed by atoms with Crippen LogP contribution in [0.4, 0.5) is 5.69 Å². The summed E-state index contributed by atoms with van der Waals surface area (Å²) in [6.07, 6.45) is 0.608. The van der Waals surface area contributed by atoms with Gasteiger partial charge in [-0.15, -0.1) is 0 Å². The Kier molecular flexibility index (Phi) is 4.55. The third-order valence-corrected chi connectivity index (χ3v) is 3.27. The van der Waals surface area contributed by atoms with Crippen molar-refractivity contribution in [2.75, 3.05) is 11.4 Å². The van der Waals surface area contributed by atoms with Crippen LogP contribution in [0.25, 0.3) is 0 Å². The molecule has 1 atom stereocenters. The summed E-state index contributed by atoms with van der Waals surface area (Å²) in [5, 5.41) is 9.25. The topological polar surface area (TPSA) is 40.5 Å². The number of likely N-dealkylation sites (N-methyl/N-ethyl adjacent to an activating group) is 1. The Bertz CT molecular complexity index is 401. The molecule has 1 rings (SSSR count). The fraction of sp³-hybridized carbons (Fsp3) is 0.500. The number of hydrogen-bond acceptors (Lipinski definition) is 2. The molecule has 0 aromatic heterocycles. The quantitative estimate of drug-likeness (QED) is 0.853. The molecular formula is C14H21NO2. The lowest BCUT2D eigenvalue weighted by Crippen LogP contribution is -2.41. The van der Waals surface area contributed by atoms with Crippen LogP contribution in [0.3, 0.4) is 0 Å². The molecule has 1 N–H and O–H groups in total. The van der Waals surface area contributed by atoms with E-state index in [0.29, 0.717) is 13.0 Å². The predicted octanol–water partition coefficient (Wildman–Crippen LogP) is 2.99. The third kappa shape index (κ3) is 2.78. The van der Waals surface area contributed by atoms with E-state index in [1.165, 1.54) is 5.56 Å². The number of carboxylic acids is 1. The van der Waals surface area contributed by atoms with Crippen LogP contribution in [0.15, 0.2) is 18.2 Å². The number of rotatable bonds is 5. The van der Waals surface area contributed by atoms with Crippen molar-refractivity contribution in [3.8, 4) is 0 Å². The molecule has 3 heteroatoms. The lowest BCUT2D eigenvalue weighted by molar-refractivity contribution is -0.138. The van der Waals surface area contributed by atoms with Crippen LogP contribution >= 0.6 is 0 Å². The van der Waals surface area contributed by atoms with Gasteiger partial charge in [0.25, 0.3) is 0 Å². The van der Waals surface area contributed by atoms with E-state index < -0.39 is 12.0 Å². The number of aliphatic carboxylic acids is 1. The first-order valence-corrected chi connectivity index (χ1v) is 6.08. The zero-order chi connectivity index (χ0) is 13.0. The van der Waals surface area contributed by atoms with Crippen LogP contribution in [0, 0.1) is 13.8 Å². The molecule has 0 amide bonds. The van der Waals surface area contributed by atoms with Gasteiger partial charge in [-0.05, 0) is 44.4 Å². The number of hydrogen-bond donors (Lipinski definition) is 1. The van der Waals surface area contributed by atoms with E-state index in [1.807, 2.05) is 50.8 Å². The molecule has 0 aliphatic heterocycles. The highest BCUT2D eigenvalue weighted by Crippen LogP contribution is 2.25. The van der Waals surface area contributed by atoms with Crippen molar-refractivity contribution in [3.05, 3.63) is 29.3 Å². The van der Waals surface area contributed by atoms with E-state index in [2.05, 4.69) is 0 Å². The molecule has 17 heavy (non-hydrogen) atoms. The maximum absolute atomic E-state index is 11.3. The Morgan fingerprint density at radius 3 is 2.47 bits per heavy atom. The minimum Gasteiger partial charge on any atom is -0.480 e.